The van der Waals surface area contributed by atoms with Crippen LogP contribution in [0, 0.1) is 0 Å². The molecule has 0 atom stereocenters. The molecule has 2 aromatic carbocycles. The van der Waals surface area contributed by atoms with Gasteiger partial charge in [0, 0.05) is 11.1 Å². The lowest BCUT2D eigenvalue weighted by Gasteiger charge is -2.21. The summed E-state index contributed by atoms with van der Waals surface area (Å²) in [5, 5.41) is 5.73. The third-order valence-electron chi connectivity index (χ3n) is 3.56. The molecule has 2 amide bonds. The third kappa shape index (κ3) is 6.10. The Morgan fingerprint density at radius 3 is 2.41 bits per heavy atom. The van der Waals surface area contributed by atoms with E-state index >= 15 is 0 Å². The molecule has 0 fully saturated rings. The summed E-state index contributed by atoms with van der Waals surface area (Å²) in [6.45, 7) is 8.37. The molecule has 0 aliphatic carbocycles. The second-order valence-electron chi connectivity index (χ2n) is 7.20. The highest BCUT2D eigenvalue weighted by atomic mass is 79.9. The van der Waals surface area contributed by atoms with Crippen molar-refractivity contribution in [3.8, 4) is 5.75 Å². The van der Waals surface area contributed by atoms with Crippen molar-refractivity contribution >= 4 is 33.4 Å². The molecule has 2 N–H and O–H groups in total. The van der Waals surface area contributed by atoms with Crippen LogP contribution in [0.4, 0.5) is 5.69 Å². The maximum absolute atomic E-state index is 12.6. The van der Waals surface area contributed by atoms with Gasteiger partial charge < -0.3 is 15.4 Å². The summed E-state index contributed by atoms with van der Waals surface area (Å²) in [5.41, 5.74) is 0.985. The smallest absolute Gasteiger partial charge is 0.255 e. The van der Waals surface area contributed by atoms with Crippen LogP contribution in [-0.2, 0) is 0 Å². The van der Waals surface area contributed by atoms with Gasteiger partial charge in [0.2, 0.25) is 0 Å². The fourth-order valence-electron chi connectivity index (χ4n) is 2.36. The number of benzene rings is 2. The molecule has 0 spiro atoms. The molecule has 2 rings (SSSR count). The second kappa shape index (κ2) is 9.04. The average Bonchev–Trinajstić information content (AvgIpc) is 2.59. The topological polar surface area (TPSA) is 67.4 Å². The number of para-hydroxylation sites is 1. The highest BCUT2D eigenvalue weighted by Crippen LogP contribution is 2.27. The number of ether oxygens (including phenoxy) is 1. The van der Waals surface area contributed by atoms with Gasteiger partial charge in [0.25, 0.3) is 11.8 Å². The molecule has 0 unspecified atom stereocenters. The van der Waals surface area contributed by atoms with Crippen molar-refractivity contribution in [2.75, 3.05) is 11.9 Å². The SMILES string of the molecule is CCCOc1ccc(C(=O)Nc2ccccc2C(=O)NC(C)(C)C)cc1Br. The zero-order valence-corrected chi connectivity index (χ0v) is 17.6. The van der Waals surface area contributed by atoms with Crippen LogP contribution in [-0.4, -0.2) is 24.0 Å². The van der Waals surface area contributed by atoms with Crippen LogP contribution in [0.25, 0.3) is 0 Å². The van der Waals surface area contributed by atoms with Gasteiger partial charge in [-0.3, -0.25) is 9.59 Å². The Morgan fingerprint density at radius 2 is 1.78 bits per heavy atom. The van der Waals surface area contributed by atoms with Crippen molar-refractivity contribution in [1.82, 2.24) is 5.32 Å². The van der Waals surface area contributed by atoms with E-state index in [-0.39, 0.29) is 17.4 Å². The summed E-state index contributed by atoms with van der Waals surface area (Å²) < 4.78 is 6.31. The van der Waals surface area contributed by atoms with Crippen molar-refractivity contribution in [3.63, 3.8) is 0 Å². The van der Waals surface area contributed by atoms with Gasteiger partial charge in [-0.15, -0.1) is 0 Å². The van der Waals surface area contributed by atoms with Gasteiger partial charge in [0.1, 0.15) is 5.75 Å². The first-order chi connectivity index (χ1) is 12.7. The van der Waals surface area contributed by atoms with E-state index in [9.17, 15) is 9.59 Å². The van der Waals surface area contributed by atoms with Crippen LogP contribution in [0.15, 0.2) is 46.9 Å². The van der Waals surface area contributed by atoms with E-state index < -0.39 is 0 Å². The average molecular weight is 433 g/mol. The molecule has 0 heterocycles. The van der Waals surface area contributed by atoms with Crippen LogP contribution in [0.1, 0.15) is 54.8 Å². The first-order valence-corrected chi connectivity index (χ1v) is 9.66. The molecule has 0 bridgehead atoms. The number of hydrogen-bond acceptors (Lipinski definition) is 3. The monoisotopic (exact) mass is 432 g/mol. The number of amides is 2. The quantitative estimate of drug-likeness (QED) is 0.673. The van der Waals surface area contributed by atoms with E-state index in [1.54, 1.807) is 42.5 Å². The summed E-state index contributed by atoms with van der Waals surface area (Å²) >= 11 is 3.43. The molecule has 5 nitrogen and oxygen atoms in total. The Hall–Kier alpha value is -2.34. The Bertz CT molecular complexity index is 828. The molecule has 0 aromatic heterocycles. The first kappa shape index (κ1) is 21.0. The van der Waals surface area contributed by atoms with Crippen molar-refractivity contribution in [3.05, 3.63) is 58.1 Å². The Labute approximate surface area is 168 Å². The lowest BCUT2D eigenvalue weighted by atomic mass is 10.1. The van der Waals surface area contributed by atoms with Gasteiger partial charge >= 0.3 is 0 Å². The van der Waals surface area contributed by atoms with Gasteiger partial charge in [0.15, 0.2) is 0 Å². The maximum atomic E-state index is 12.6. The highest BCUT2D eigenvalue weighted by molar-refractivity contribution is 9.10. The predicted octanol–water partition coefficient (Wildman–Crippen LogP) is 5.02. The Morgan fingerprint density at radius 1 is 1.07 bits per heavy atom. The lowest BCUT2D eigenvalue weighted by Crippen LogP contribution is -2.40. The molecule has 2 aromatic rings. The molecular weight excluding hydrogens is 408 g/mol. The highest BCUT2D eigenvalue weighted by Gasteiger charge is 2.19. The lowest BCUT2D eigenvalue weighted by molar-refractivity contribution is 0.0920. The van der Waals surface area contributed by atoms with E-state index in [2.05, 4.69) is 26.6 Å². The van der Waals surface area contributed by atoms with Crippen molar-refractivity contribution in [1.29, 1.82) is 0 Å². The first-order valence-electron chi connectivity index (χ1n) is 8.86. The second-order valence-corrected chi connectivity index (χ2v) is 8.05. The van der Waals surface area contributed by atoms with Gasteiger partial charge in [-0.1, -0.05) is 19.1 Å². The minimum atomic E-state index is -0.368. The Balaban J connectivity index is 2.19. The largest absolute Gasteiger partial charge is 0.492 e. The number of rotatable bonds is 6. The molecule has 0 radical (unpaired) electrons. The van der Waals surface area contributed by atoms with Gasteiger partial charge in [-0.25, -0.2) is 0 Å². The molecule has 0 aliphatic rings. The zero-order valence-electron chi connectivity index (χ0n) is 16.1. The summed E-state index contributed by atoms with van der Waals surface area (Å²) in [6.07, 6.45) is 0.905. The van der Waals surface area contributed by atoms with Crippen molar-refractivity contribution < 1.29 is 14.3 Å². The van der Waals surface area contributed by atoms with Crippen LogP contribution in [0.3, 0.4) is 0 Å². The van der Waals surface area contributed by atoms with Crippen LogP contribution in [0.2, 0.25) is 0 Å². The number of carbonyl (C=O) groups excluding carboxylic acids is 2. The fraction of sp³-hybridized carbons (Fsp3) is 0.333. The fourth-order valence-corrected chi connectivity index (χ4v) is 2.86. The van der Waals surface area contributed by atoms with Gasteiger partial charge in [-0.05, 0) is 73.5 Å². The molecular formula is C21H25BrN2O3. The number of halogens is 1. The minimum absolute atomic E-state index is 0.233. The number of nitrogens with one attached hydrogen (secondary N) is 2. The van der Waals surface area contributed by atoms with Crippen LogP contribution >= 0.6 is 15.9 Å². The minimum Gasteiger partial charge on any atom is -0.492 e. The molecule has 27 heavy (non-hydrogen) atoms. The van der Waals surface area contributed by atoms with Crippen molar-refractivity contribution in [2.45, 2.75) is 39.7 Å². The van der Waals surface area contributed by atoms with E-state index in [1.807, 2.05) is 27.7 Å². The molecule has 0 saturated carbocycles. The van der Waals surface area contributed by atoms with E-state index in [1.165, 1.54) is 0 Å². The normalized spacial score (nSPS) is 11.0. The summed E-state index contributed by atoms with van der Waals surface area (Å²) in [6, 6.07) is 12.1. The molecule has 0 saturated heterocycles. The van der Waals surface area contributed by atoms with Crippen LogP contribution < -0.4 is 15.4 Å². The number of anilines is 1. The van der Waals surface area contributed by atoms with Gasteiger partial charge in [0.05, 0.1) is 22.3 Å². The summed E-state index contributed by atoms with van der Waals surface area (Å²) in [4.78, 5) is 25.2. The van der Waals surface area contributed by atoms with Crippen LogP contribution in [0.5, 0.6) is 5.75 Å². The van der Waals surface area contributed by atoms with E-state index in [4.69, 9.17) is 4.74 Å². The van der Waals surface area contributed by atoms with E-state index in [0.717, 1.165) is 6.42 Å². The molecule has 6 heteroatoms. The predicted molar refractivity (Wildman–Crippen MR) is 112 cm³/mol. The Kier molecular flexibility index (Phi) is 7.02. The standard InChI is InChI=1S/C21H25BrN2O3/c1-5-12-27-18-11-10-14(13-16(18)22)19(25)23-17-9-7-6-8-15(17)20(26)24-21(2,3)4/h6-11,13H,5,12H2,1-4H3,(H,23,25)(H,24,26). The number of hydrogen-bond donors (Lipinski definition) is 2. The molecule has 144 valence electrons. The van der Waals surface area contributed by atoms with E-state index in [0.29, 0.717) is 33.6 Å². The molecule has 0 aliphatic heterocycles. The zero-order chi connectivity index (χ0) is 20.0. The summed E-state index contributed by atoms with van der Waals surface area (Å²) in [5.74, 6) is 0.162. The van der Waals surface area contributed by atoms with Gasteiger partial charge in [-0.2, -0.15) is 0 Å². The maximum Gasteiger partial charge on any atom is 0.255 e. The number of carbonyl (C=O) groups is 2. The third-order valence-corrected chi connectivity index (χ3v) is 4.18. The summed E-state index contributed by atoms with van der Waals surface area (Å²) in [7, 11) is 0. The van der Waals surface area contributed by atoms with Crippen molar-refractivity contribution in [2.24, 2.45) is 0 Å².